The lowest BCUT2D eigenvalue weighted by molar-refractivity contribution is -0.126. The Balaban J connectivity index is 2.23. The number of hydrogen-bond donors (Lipinski definition) is 2. The molecule has 2 rings (SSSR count). The second-order valence-corrected chi connectivity index (χ2v) is 3.55. The number of nitrogens with zero attached hydrogens (tertiary/aromatic N) is 2. The van der Waals surface area contributed by atoms with Crippen LogP contribution in [0, 0.1) is 0 Å². The van der Waals surface area contributed by atoms with Crippen LogP contribution in [-0.2, 0) is 4.79 Å². The Hall–Kier alpha value is -2.24. The summed E-state index contributed by atoms with van der Waals surface area (Å²) in [7, 11) is 1.44. The number of hydrazine groups is 1. The third kappa shape index (κ3) is 1.77. The van der Waals surface area contributed by atoms with Crippen LogP contribution < -0.4 is 16.2 Å². The second kappa shape index (κ2) is 3.73. The van der Waals surface area contributed by atoms with Crippen molar-refractivity contribution < 1.29 is 9.59 Å². The van der Waals surface area contributed by atoms with Crippen molar-refractivity contribution in [3.05, 3.63) is 24.3 Å². The number of carbonyl (C=O) groups excluding carboxylic acids is 2. The maximum Gasteiger partial charge on any atom is 0.342 e. The lowest BCUT2D eigenvalue weighted by Gasteiger charge is -2.32. The quantitative estimate of drug-likeness (QED) is 0.661. The Morgan fingerprint density at radius 3 is 2.75 bits per heavy atom. The molecule has 0 spiro atoms. The minimum Gasteiger partial charge on any atom is -0.399 e. The number of carbonyl (C=O) groups is 2. The highest BCUT2D eigenvalue weighted by atomic mass is 16.2. The molecule has 0 aliphatic carbocycles. The van der Waals surface area contributed by atoms with E-state index in [4.69, 9.17) is 5.73 Å². The number of urea groups is 1. The molecule has 0 saturated carbocycles. The van der Waals surface area contributed by atoms with E-state index in [1.807, 2.05) is 0 Å². The predicted molar refractivity (Wildman–Crippen MR) is 59.5 cm³/mol. The zero-order chi connectivity index (χ0) is 11.7. The van der Waals surface area contributed by atoms with Gasteiger partial charge < -0.3 is 5.73 Å². The average Bonchev–Trinajstić information content (AvgIpc) is 2.25. The van der Waals surface area contributed by atoms with Gasteiger partial charge in [0.05, 0.1) is 5.69 Å². The predicted octanol–water partition coefficient (Wildman–Crippen LogP) is 0.172. The van der Waals surface area contributed by atoms with Gasteiger partial charge in [0.25, 0.3) is 5.91 Å². The Labute approximate surface area is 92.6 Å². The van der Waals surface area contributed by atoms with Crippen LogP contribution in [-0.4, -0.2) is 30.4 Å². The first-order valence-corrected chi connectivity index (χ1v) is 4.78. The van der Waals surface area contributed by atoms with Crippen molar-refractivity contribution in [1.29, 1.82) is 0 Å². The van der Waals surface area contributed by atoms with Crippen molar-refractivity contribution in [3.8, 4) is 0 Å². The number of nitrogens with two attached hydrogens (primary N) is 1. The summed E-state index contributed by atoms with van der Waals surface area (Å²) < 4.78 is 0. The smallest absolute Gasteiger partial charge is 0.342 e. The molecule has 1 saturated heterocycles. The minimum atomic E-state index is -0.446. The Morgan fingerprint density at radius 1 is 1.38 bits per heavy atom. The summed E-state index contributed by atoms with van der Waals surface area (Å²) in [6, 6.07) is 6.52. The number of imide groups is 1. The molecule has 1 aliphatic rings. The summed E-state index contributed by atoms with van der Waals surface area (Å²) in [5.41, 5.74) is 9.48. The molecule has 3 N–H and O–H groups in total. The van der Waals surface area contributed by atoms with E-state index in [0.29, 0.717) is 11.4 Å². The van der Waals surface area contributed by atoms with Crippen LogP contribution in [0.2, 0.25) is 0 Å². The van der Waals surface area contributed by atoms with Gasteiger partial charge in [-0.1, -0.05) is 6.07 Å². The fourth-order valence-corrected chi connectivity index (χ4v) is 1.43. The maximum atomic E-state index is 11.5. The number of benzene rings is 1. The Morgan fingerprint density at radius 2 is 2.12 bits per heavy atom. The van der Waals surface area contributed by atoms with Gasteiger partial charge in [0.1, 0.15) is 6.54 Å². The highest BCUT2D eigenvalue weighted by Crippen LogP contribution is 2.17. The van der Waals surface area contributed by atoms with Crippen LogP contribution in [0.25, 0.3) is 0 Å². The van der Waals surface area contributed by atoms with E-state index in [-0.39, 0.29) is 12.5 Å². The first-order valence-electron chi connectivity index (χ1n) is 4.78. The second-order valence-electron chi connectivity index (χ2n) is 3.55. The lowest BCUT2D eigenvalue weighted by atomic mass is 10.2. The number of nitrogens with one attached hydrogen (secondary N) is 1. The number of nitrogen functional groups attached to an aromatic ring is 1. The first kappa shape index (κ1) is 10.3. The van der Waals surface area contributed by atoms with E-state index in [9.17, 15) is 9.59 Å². The van der Waals surface area contributed by atoms with Crippen molar-refractivity contribution in [3.63, 3.8) is 0 Å². The number of anilines is 2. The molecule has 0 atom stereocenters. The van der Waals surface area contributed by atoms with Gasteiger partial charge in [0.15, 0.2) is 0 Å². The molecule has 84 valence electrons. The molecule has 1 heterocycles. The zero-order valence-corrected chi connectivity index (χ0v) is 8.80. The maximum absolute atomic E-state index is 11.5. The number of rotatable bonds is 1. The molecule has 1 aliphatic heterocycles. The summed E-state index contributed by atoms with van der Waals surface area (Å²) in [5.74, 6) is -0.258. The summed E-state index contributed by atoms with van der Waals surface area (Å²) in [4.78, 5) is 23.9. The number of hydrogen-bond acceptors (Lipinski definition) is 4. The van der Waals surface area contributed by atoms with Gasteiger partial charge >= 0.3 is 6.03 Å². The zero-order valence-electron chi connectivity index (χ0n) is 8.80. The summed E-state index contributed by atoms with van der Waals surface area (Å²) >= 11 is 0. The van der Waals surface area contributed by atoms with Crippen LogP contribution in [0.1, 0.15) is 0 Å². The molecule has 6 heteroatoms. The van der Waals surface area contributed by atoms with Crippen LogP contribution in [0.15, 0.2) is 24.3 Å². The number of likely N-dealkylation sites (N-methyl/N-ethyl adjacent to an activating group) is 1. The van der Waals surface area contributed by atoms with E-state index >= 15 is 0 Å². The van der Waals surface area contributed by atoms with Crippen molar-refractivity contribution in [2.24, 2.45) is 0 Å². The highest BCUT2D eigenvalue weighted by Gasteiger charge is 2.27. The molecule has 16 heavy (non-hydrogen) atoms. The summed E-state index contributed by atoms with van der Waals surface area (Å²) in [6.45, 7) is 0.103. The van der Waals surface area contributed by atoms with Crippen LogP contribution in [0.4, 0.5) is 16.2 Å². The lowest BCUT2D eigenvalue weighted by Crippen LogP contribution is -2.59. The molecular formula is C10H12N4O2. The van der Waals surface area contributed by atoms with Gasteiger partial charge in [-0.3, -0.25) is 14.7 Å². The fourth-order valence-electron chi connectivity index (χ4n) is 1.43. The normalized spacial score (nSPS) is 16.3. The molecule has 6 nitrogen and oxygen atoms in total. The van der Waals surface area contributed by atoms with Gasteiger partial charge in [-0.2, -0.15) is 0 Å². The Bertz CT molecular complexity index is 428. The minimum absolute atomic E-state index is 0.103. The van der Waals surface area contributed by atoms with Crippen LogP contribution in [0.5, 0.6) is 0 Å². The van der Waals surface area contributed by atoms with E-state index < -0.39 is 6.03 Å². The SMILES string of the molecule is CN1C(=O)CN(c2cccc(N)c2)NC1=O. The molecule has 0 bridgehead atoms. The standard InChI is InChI=1S/C10H12N4O2/c1-13-9(15)6-14(12-10(13)16)8-4-2-3-7(11)5-8/h2-5H,6,11H2,1H3,(H,12,16). The molecule has 0 unspecified atom stereocenters. The molecular weight excluding hydrogens is 208 g/mol. The third-order valence-corrected chi connectivity index (χ3v) is 2.38. The molecule has 1 aromatic rings. The van der Waals surface area contributed by atoms with Gasteiger partial charge in [-0.15, -0.1) is 0 Å². The van der Waals surface area contributed by atoms with Crippen molar-refractivity contribution in [1.82, 2.24) is 10.3 Å². The van der Waals surface area contributed by atoms with Gasteiger partial charge in [0, 0.05) is 12.7 Å². The monoisotopic (exact) mass is 220 g/mol. The highest BCUT2D eigenvalue weighted by molar-refractivity contribution is 5.99. The van der Waals surface area contributed by atoms with Gasteiger partial charge in [-0.05, 0) is 18.2 Å². The third-order valence-electron chi connectivity index (χ3n) is 2.38. The average molecular weight is 220 g/mol. The fraction of sp³-hybridized carbons (Fsp3) is 0.200. The van der Waals surface area contributed by atoms with E-state index in [2.05, 4.69) is 5.43 Å². The van der Waals surface area contributed by atoms with E-state index in [1.165, 1.54) is 12.1 Å². The van der Waals surface area contributed by atoms with Gasteiger partial charge in [0.2, 0.25) is 0 Å². The molecule has 3 amide bonds. The summed E-state index contributed by atoms with van der Waals surface area (Å²) in [6.07, 6.45) is 0. The molecule has 1 fully saturated rings. The molecule has 0 aromatic heterocycles. The van der Waals surface area contributed by atoms with Crippen molar-refractivity contribution in [2.45, 2.75) is 0 Å². The topological polar surface area (TPSA) is 78.7 Å². The number of amides is 3. The summed E-state index contributed by atoms with van der Waals surface area (Å²) in [5, 5.41) is 1.47. The molecule has 1 aromatic carbocycles. The Kier molecular flexibility index (Phi) is 2.40. The van der Waals surface area contributed by atoms with Gasteiger partial charge in [-0.25, -0.2) is 10.2 Å². The molecule has 0 radical (unpaired) electrons. The van der Waals surface area contributed by atoms with Crippen molar-refractivity contribution >= 4 is 23.3 Å². The largest absolute Gasteiger partial charge is 0.399 e. The van der Waals surface area contributed by atoms with E-state index in [1.54, 1.807) is 24.3 Å². The van der Waals surface area contributed by atoms with Crippen LogP contribution in [0.3, 0.4) is 0 Å². The van der Waals surface area contributed by atoms with Crippen molar-refractivity contribution in [2.75, 3.05) is 24.3 Å². The first-order chi connectivity index (χ1) is 7.58. The van der Waals surface area contributed by atoms with E-state index in [0.717, 1.165) is 4.90 Å². The van der Waals surface area contributed by atoms with Crippen LogP contribution >= 0.6 is 0 Å².